The summed E-state index contributed by atoms with van der Waals surface area (Å²) in [6.45, 7) is 8.95. The Morgan fingerprint density at radius 3 is 2.41 bits per heavy atom. The summed E-state index contributed by atoms with van der Waals surface area (Å²) in [4.78, 5) is 0. The van der Waals surface area contributed by atoms with Crippen LogP contribution in [0.5, 0.6) is 11.6 Å². The second-order valence-electron chi connectivity index (χ2n) is 7.24. The number of nitrogen functional groups attached to an aromatic ring is 1. The minimum atomic E-state index is -0.639. The predicted octanol–water partition coefficient (Wildman–Crippen LogP) is 1.57. The molecule has 0 saturated heterocycles. The molecule has 1 unspecified atom stereocenters. The van der Waals surface area contributed by atoms with Gasteiger partial charge in [-0.15, -0.1) is 10.2 Å². The third-order valence-corrected chi connectivity index (χ3v) is 3.82. The van der Waals surface area contributed by atoms with Gasteiger partial charge in [0.15, 0.2) is 5.82 Å². The quantitative estimate of drug-likeness (QED) is 0.365. The topological polar surface area (TPSA) is 115 Å². The first kappa shape index (κ1) is 20.9. The first-order valence-electron chi connectivity index (χ1n) is 8.85. The van der Waals surface area contributed by atoms with E-state index < -0.39 is 6.10 Å². The fourth-order valence-corrected chi connectivity index (χ4v) is 2.44. The number of nitrogens with zero attached hydrogens (tertiary/aromatic N) is 2. The average Bonchev–Trinajstić information content (AvgIpc) is 2.63. The number of ether oxygens (including phenoxy) is 2. The predicted molar refractivity (Wildman–Crippen MR) is 105 cm³/mol. The maximum Gasteiger partial charge on any atom is 0.233 e. The molecule has 5 N–H and O–H groups in total. The Morgan fingerprint density at radius 2 is 1.81 bits per heavy atom. The van der Waals surface area contributed by atoms with E-state index in [0.29, 0.717) is 24.8 Å². The van der Waals surface area contributed by atoms with Crippen LogP contribution in [-0.4, -0.2) is 46.7 Å². The molecule has 8 nitrogen and oxygen atoms in total. The molecule has 1 atom stereocenters. The number of hydrazine groups is 1. The molecule has 0 saturated carbocycles. The lowest BCUT2D eigenvalue weighted by Crippen LogP contribution is -2.48. The molecule has 0 radical (unpaired) electrons. The van der Waals surface area contributed by atoms with Gasteiger partial charge in [-0.25, -0.2) is 5.84 Å². The Bertz CT molecular complexity index is 702. The SMILES string of the molecule is Cc1cc(C)cc(OCC(O)CNC(C)(C)COc2ccc(NN)nn2)c1. The lowest BCUT2D eigenvalue weighted by atomic mass is 10.1. The number of anilines is 1. The highest BCUT2D eigenvalue weighted by Crippen LogP contribution is 2.16. The van der Waals surface area contributed by atoms with Gasteiger partial charge in [0.25, 0.3) is 0 Å². The molecule has 0 spiro atoms. The van der Waals surface area contributed by atoms with Crippen molar-refractivity contribution in [1.29, 1.82) is 0 Å². The lowest BCUT2D eigenvalue weighted by Gasteiger charge is -2.27. The Morgan fingerprint density at radius 1 is 1.11 bits per heavy atom. The molecule has 148 valence electrons. The molecule has 1 heterocycles. The number of rotatable bonds is 10. The van der Waals surface area contributed by atoms with Crippen molar-refractivity contribution < 1.29 is 14.6 Å². The number of hydrogen-bond donors (Lipinski definition) is 4. The first-order chi connectivity index (χ1) is 12.8. The molecule has 1 aromatic carbocycles. The van der Waals surface area contributed by atoms with Crippen LogP contribution in [0.15, 0.2) is 30.3 Å². The number of nitrogens with two attached hydrogens (primary N) is 1. The maximum atomic E-state index is 10.2. The van der Waals surface area contributed by atoms with Gasteiger partial charge in [0.05, 0.1) is 0 Å². The summed E-state index contributed by atoms with van der Waals surface area (Å²) in [7, 11) is 0. The van der Waals surface area contributed by atoms with Crippen LogP contribution in [0.4, 0.5) is 5.82 Å². The van der Waals surface area contributed by atoms with E-state index in [0.717, 1.165) is 16.9 Å². The summed E-state index contributed by atoms with van der Waals surface area (Å²) < 4.78 is 11.3. The number of benzene rings is 1. The van der Waals surface area contributed by atoms with Crippen molar-refractivity contribution in [3.63, 3.8) is 0 Å². The van der Waals surface area contributed by atoms with Crippen molar-refractivity contribution in [1.82, 2.24) is 15.5 Å². The van der Waals surface area contributed by atoms with Crippen LogP contribution in [0.3, 0.4) is 0 Å². The Hall–Kier alpha value is -2.42. The van der Waals surface area contributed by atoms with Gasteiger partial charge in [-0.2, -0.15) is 0 Å². The molecule has 0 bridgehead atoms. The average molecular weight is 375 g/mol. The maximum absolute atomic E-state index is 10.2. The number of aliphatic hydroxyl groups excluding tert-OH is 1. The number of β-amino-alcohol motifs (C(OH)–C–C–N with tert-alkyl or cyclic N) is 1. The molecule has 2 rings (SSSR count). The van der Waals surface area contributed by atoms with Crippen LogP contribution in [0.2, 0.25) is 0 Å². The fraction of sp³-hybridized carbons (Fsp3) is 0.474. The Balaban J connectivity index is 1.74. The fourth-order valence-electron chi connectivity index (χ4n) is 2.44. The molecule has 0 aliphatic carbocycles. The second-order valence-corrected chi connectivity index (χ2v) is 7.24. The summed E-state index contributed by atoms with van der Waals surface area (Å²) in [5.74, 6) is 6.89. The van der Waals surface area contributed by atoms with Crippen LogP contribution >= 0.6 is 0 Å². The molecule has 27 heavy (non-hydrogen) atoms. The molecule has 2 aromatic rings. The summed E-state index contributed by atoms with van der Waals surface area (Å²) in [5, 5.41) is 21.2. The Kier molecular flexibility index (Phi) is 7.35. The molecule has 0 aliphatic rings. The van der Waals surface area contributed by atoms with E-state index in [9.17, 15) is 5.11 Å². The van der Waals surface area contributed by atoms with Gasteiger partial charge < -0.3 is 25.3 Å². The van der Waals surface area contributed by atoms with E-state index in [4.69, 9.17) is 15.3 Å². The highest BCUT2D eigenvalue weighted by molar-refractivity contribution is 5.33. The van der Waals surface area contributed by atoms with Crippen molar-refractivity contribution in [3.05, 3.63) is 41.5 Å². The third kappa shape index (κ3) is 7.38. The zero-order chi connectivity index (χ0) is 19.9. The lowest BCUT2D eigenvalue weighted by molar-refractivity contribution is 0.0922. The number of aromatic nitrogens is 2. The normalized spacial score (nSPS) is 12.5. The van der Waals surface area contributed by atoms with Crippen molar-refractivity contribution in [2.45, 2.75) is 39.3 Å². The monoisotopic (exact) mass is 375 g/mol. The largest absolute Gasteiger partial charge is 0.491 e. The van der Waals surface area contributed by atoms with Crippen molar-refractivity contribution >= 4 is 5.82 Å². The van der Waals surface area contributed by atoms with Crippen molar-refractivity contribution in [3.8, 4) is 11.6 Å². The highest BCUT2D eigenvalue weighted by atomic mass is 16.5. The number of nitrogens with one attached hydrogen (secondary N) is 2. The molecular formula is C19H29N5O3. The van der Waals surface area contributed by atoms with E-state index in [1.165, 1.54) is 0 Å². The zero-order valence-electron chi connectivity index (χ0n) is 16.3. The van der Waals surface area contributed by atoms with E-state index in [2.05, 4.69) is 27.0 Å². The van der Waals surface area contributed by atoms with Crippen LogP contribution in [0.1, 0.15) is 25.0 Å². The summed E-state index contributed by atoms with van der Waals surface area (Å²) in [6.07, 6.45) is -0.639. The molecule has 0 aliphatic heterocycles. The van der Waals surface area contributed by atoms with Crippen LogP contribution in [0.25, 0.3) is 0 Å². The first-order valence-corrected chi connectivity index (χ1v) is 8.85. The number of hydrogen-bond acceptors (Lipinski definition) is 8. The molecule has 8 heteroatoms. The summed E-state index contributed by atoms with van der Waals surface area (Å²) >= 11 is 0. The zero-order valence-corrected chi connectivity index (χ0v) is 16.3. The van der Waals surface area contributed by atoms with Gasteiger partial charge in [-0.1, -0.05) is 6.07 Å². The molecular weight excluding hydrogens is 346 g/mol. The van der Waals surface area contributed by atoms with Gasteiger partial charge in [0.1, 0.15) is 25.1 Å². The summed E-state index contributed by atoms with van der Waals surface area (Å²) in [5.41, 5.74) is 4.31. The minimum absolute atomic E-state index is 0.214. The Labute approximate surface area is 160 Å². The number of aliphatic hydroxyl groups is 1. The van der Waals surface area contributed by atoms with Gasteiger partial charge >= 0.3 is 0 Å². The third-order valence-electron chi connectivity index (χ3n) is 3.82. The van der Waals surface area contributed by atoms with Gasteiger partial charge in [0.2, 0.25) is 5.88 Å². The van der Waals surface area contributed by atoms with E-state index in [1.807, 2.05) is 39.8 Å². The second kappa shape index (κ2) is 9.50. The number of aryl methyl sites for hydroxylation is 2. The minimum Gasteiger partial charge on any atom is -0.491 e. The van der Waals surface area contributed by atoms with Crippen molar-refractivity contribution in [2.24, 2.45) is 5.84 Å². The van der Waals surface area contributed by atoms with E-state index in [1.54, 1.807) is 12.1 Å². The van der Waals surface area contributed by atoms with Gasteiger partial charge in [-0.05, 0) is 57.0 Å². The smallest absolute Gasteiger partial charge is 0.233 e. The van der Waals surface area contributed by atoms with Crippen LogP contribution in [0, 0.1) is 13.8 Å². The van der Waals surface area contributed by atoms with E-state index >= 15 is 0 Å². The van der Waals surface area contributed by atoms with Gasteiger partial charge in [-0.3, -0.25) is 0 Å². The summed E-state index contributed by atoms with van der Waals surface area (Å²) in [6, 6.07) is 9.36. The standard InChI is InChI=1S/C19H29N5O3/c1-13-7-14(2)9-16(8-13)26-11-15(25)10-21-19(3,4)12-27-18-6-5-17(22-20)23-24-18/h5-9,15,21,25H,10-12,20H2,1-4H3,(H,22,23). The van der Waals surface area contributed by atoms with Crippen LogP contribution in [-0.2, 0) is 0 Å². The van der Waals surface area contributed by atoms with Gasteiger partial charge in [0, 0.05) is 18.2 Å². The highest BCUT2D eigenvalue weighted by Gasteiger charge is 2.20. The van der Waals surface area contributed by atoms with Crippen molar-refractivity contribution in [2.75, 3.05) is 25.2 Å². The molecule has 1 aromatic heterocycles. The molecule has 0 fully saturated rings. The van der Waals surface area contributed by atoms with E-state index in [-0.39, 0.29) is 12.1 Å². The molecule has 0 amide bonds. The van der Waals surface area contributed by atoms with Crippen LogP contribution < -0.4 is 26.1 Å².